The number of nitrogens with zero attached hydrogens (tertiary/aromatic N) is 2. The number of amides is 1. The molecular weight excluding hydrogens is 378 g/mol. The fraction of sp³-hybridized carbons (Fsp3) is 0.261. The van der Waals surface area contributed by atoms with Crippen molar-refractivity contribution in [3.05, 3.63) is 70.3 Å². The minimum Gasteiger partial charge on any atom is -0.357 e. The van der Waals surface area contributed by atoms with Gasteiger partial charge in [-0.3, -0.25) is 14.5 Å². The van der Waals surface area contributed by atoms with Crippen LogP contribution in [0, 0.1) is 0 Å². The van der Waals surface area contributed by atoms with Crippen LogP contribution in [-0.2, 0) is 6.54 Å². The summed E-state index contributed by atoms with van der Waals surface area (Å²) in [4.78, 5) is 37.2. The number of likely N-dealkylation sites (tertiary alicyclic amines) is 1. The van der Waals surface area contributed by atoms with E-state index in [2.05, 4.69) is 38.2 Å². The average Bonchev–Trinajstić information content (AvgIpc) is 3.32. The monoisotopic (exact) mass is 401 g/mol. The number of anilines is 1. The van der Waals surface area contributed by atoms with Crippen LogP contribution in [0.4, 0.5) is 5.82 Å². The first-order valence-electron chi connectivity index (χ1n) is 10.2. The summed E-state index contributed by atoms with van der Waals surface area (Å²) in [5.74, 6) is 0.254. The van der Waals surface area contributed by atoms with Crippen LogP contribution in [-0.4, -0.2) is 38.3 Å². The number of H-pyrrole nitrogens is 2. The third-order valence-corrected chi connectivity index (χ3v) is 5.85. The van der Waals surface area contributed by atoms with E-state index in [9.17, 15) is 9.59 Å². The van der Waals surface area contributed by atoms with Crippen LogP contribution >= 0.6 is 0 Å². The number of hydrogen-bond donors (Lipinski definition) is 3. The average molecular weight is 401 g/mol. The highest BCUT2D eigenvalue weighted by Crippen LogP contribution is 2.23. The molecule has 5 rings (SSSR count). The fourth-order valence-electron chi connectivity index (χ4n) is 4.17. The van der Waals surface area contributed by atoms with E-state index >= 15 is 0 Å². The highest BCUT2D eigenvalue weighted by Gasteiger charge is 2.20. The summed E-state index contributed by atoms with van der Waals surface area (Å²) >= 11 is 0. The molecule has 1 aliphatic heterocycles. The van der Waals surface area contributed by atoms with Gasteiger partial charge in [-0.05, 0) is 62.0 Å². The summed E-state index contributed by atoms with van der Waals surface area (Å²) in [5.41, 5.74) is 3.16. The summed E-state index contributed by atoms with van der Waals surface area (Å²) in [7, 11) is 0. The molecular formula is C23H23N5O2. The molecule has 1 fully saturated rings. The lowest BCUT2D eigenvalue weighted by molar-refractivity contribution is 0.102. The number of hydrogen-bond acceptors (Lipinski definition) is 4. The summed E-state index contributed by atoms with van der Waals surface area (Å²) in [5, 5.41) is 4.70. The summed E-state index contributed by atoms with van der Waals surface area (Å²) < 4.78 is 0. The van der Waals surface area contributed by atoms with Crippen molar-refractivity contribution < 1.29 is 4.79 Å². The summed E-state index contributed by atoms with van der Waals surface area (Å²) in [6, 6.07) is 12.9. The van der Waals surface area contributed by atoms with Gasteiger partial charge in [0.15, 0.2) is 0 Å². The fourth-order valence-corrected chi connectivity index (χ4v) is 4.17. The normalized spacial score (nSPS) is 17.0. The smallest absolute Gasteiger partial charge is 0.256 e. The zero-order chi connectivity index (χ0) is 20.7. The van der Waals surface area contributed by atoms with Gasteiger partial charge in [-0.15, -0.1) is 0 Å². The van der Waals surface area contributed by atoms with E-state index in [0.717, 1.165) is 35.1 Å². The molecule has 0 spiro atoms. The van der Waals surface area contributed by atoms with E-state index in [-0.39, 0.29) is 11.5 Å². The molecule has 1 amide bonds. The molecule has 152 valence electrons. The van der Waals surface area contributed by atoms with Crippen molar-refractivity contribution in [2.45, 2.75) is 32.4 Å². The number of aromatic nitrogens is 3. The van der Waals surface area contributed by atoms with Crippen molar-refractivity contribution >= 4 is 33.5 Å². The Kier molecular flexibility index (Phi) is 4.59. The number of carbonyl (C=O) groups excluding carboxylic acids is 1. The number of aromatic amines is 2. The molecule has 1 aliphatic rings. The molecule has 0 bridgehead atoms. The van der Waals surface area contributed by atoms with Crippen LogP contribution in [0.3, 0.4) is 0 Å². The molecule has 4 heterocycles. The second-order valence-corrected chi connectivity index (χ2v) is 7.99. The lowest BCUT2D eigenvalue weighted by Crippen LogP contribution is -2.26. The number of rotatable bonds is 4. The highest BCUT2D eigenvalue weighted by atomic mass is 16.1. The number of nitrogens with one attached hydrogen (secondary N) is 3. The minimum atomic E-state index is -0.243. The lowest BCUT2D eigenvalue weighted by atomic mass is 10.1. The van der Waals surface area contributed by atoms with Crippen LogP contribution < -0.4 is 10.9 Å². The van der Waals surface area contributed by atoms with Crippen LogP contribution in [0.1, 0.15) is 35.8 Å². The Morgan fingerprint density at radius 1 is 1.13 bits per heavy atom. The summed E-state index contributed by atoms with van der Waals surface area (Å²) in [6.45, 7) is 4.31. The van der Waals surface area contributed by atoms with Gasteiger partial charge >= 0.3 is 0 Å². The molecule has 1 saturated heterocycles. The molecule has 1 atom stereocenters. The van der Waals surface area contributed by atoms with Gasteiger partial charge in [-0.1, -0.05) is 0 Å². The van der Waals surface area contributed by atoms with Crippen LogP contribution in [0.15, 0.2) is 53.5 Å². The van der Waals surface area contributed by atoms with E-state index < -0.39 is 0 Å². The van der Waals surface area contributed by atoms with Gasteiger partial charge in [0.25, 0.3) is 5.91 Å². The Hall–Kier alpha value is -3.45. The SMILES string of the molecule is C[C@H]1CCCN1Cc1cc2cnc(NC(=O)c3ccc4[nH]c(=O)ccc4c3)cc2[nH]1. The van der Waals surface area contributed by atoms with Gasteiger partial charge in [-0.25, -0.2) is 4.98 Å². The molecule has 0 unspecified atom stereocenters. The first kappa shape index (κ1) is 18.6. The maximum Gasteiger partial charge on any atom is 0.256 e. The van der Waals surface area contributed by atoms with Crippen LogP contribution in [0.25, 0.3) is 21.8 Å². The zero-order valence-corrected chi connectivity index (χ0v) is 16.7. The Morgan fingerprint density at radius 3 is 2.87 bits per heavy atom. The van der Waals surface area contributed by atoms with Crippen molar-refractivity contribution in [3.8, 4) is 0 Å². The van der Waals surface area contributed by atoms with Gasteiger partial charge in [0.1, 0.15) is 5.82 Å². The van der Waals surface area contributed by atoms with Crippen LogP contribution in [0.5, 0.6) is 0 Å². The maximum atomic E-state index is 12.7. The predicted molar refractivity (Wildman–Crippen MR) is 118 cm³/mol. The Morgan fingerprint density at radius 2 is 2.03 bits per heavy atom. The highest BCUT2D eigenvalue weighted by molar-refractivity contribution is 6.06. The minimum absolute atomic E-state index is 0.165. The van der Waals surface area contributed by atoms with Gasteiger partial charge in [0, 0.05) is 53.1 Å². The molecule has 7 nitrogen and oxygen atoms in total. The molecule has 7 heteroatoms. The third-order valence-electron chi connectivity index (χ3n) is 5.85. The molecule has 0 saturated carbocycles. The van der Waals surface area contributed by atoms with E-state index in [1.54, 1.807) is 30.5 Å². The quantitative estimate of drug-likeness (QED) is 0.487. The first-order valence-corrected chi connectivity index (χ1v) is 10.2. The van der Waals surface area contributed by atoms with Crippen molar-refractivity contribution in [1.82, 2.24) is 19.9 Å². The number of benzene rings is 1. The first-order chi connectivity index (χ1) is 14.5. The van der Waals surface area contributed by atoms with E-state index in [1.165, 1.54) is 18.9 Å². The van der Waals surface area contributed by atoms with Crippen molar-refractivity contribution in [2.24, 2.45) is 0 Å². The molecule has 30 heavy (non-hydrogen) atoms. The molecule has 0 radical (unpaired) electrons. The van der Waals surface area contributed by atoms with Gasteiger partial charge in [0.05, 0.1) is 5.52 Å². The Labute approximate surface area is 173 Å². The van der Waals surface area contributed by atoms with Gasteiger partial charge in [0.2, 0.25) is 5.56 Å². The van der Waals surface area contributed by atoms with Gasteiger partial charge in [-0.2, -0.15) is 0 Å². The predicted octanol–water partition coefficient (Wildman–Crippen LogP) is 3.64. The van der Waals surface area contributed by atoms with Crippen molar-refractivity contribution in [1.29, 1.82) is 0 Å². The lowest BCUT2D eigenvalue weighted by Gasteiger charge is -2.19. The Balaban J connectivity index is 1.35. The number of carbonyl (C=O) groups is 1. The summed E-state index contributed by atoms with van der Waals surface area (Å²) in [6.07, 6.45) is 4.29. The van der Waals surface area contributed by atoms with E-state index in [4.69, 9.17) is 0 Å². The van der Waals surface area contributed by atoms with E-state index in [1.807, 2.05) is 6.07 Å². The molecule has 3 N–H and O–H groups in total. The zero-order valence-electron chi connectivity index (χ0n) is 16.7. The van der Waals surface area contributed by atoms with Crippen LogP contribution in [0.2, 0.25) is 0 Å². The van der Waals surface area contributed by atoms with E-state index in [0.29, 0.717) is 22.9 Å². The van der Waals surface area contributed by atoms with Gasteiger partial charge < -0.3 is 15.3 Å². The molecule has 0 aliphatic carbocycles. The maximum absolute atomic E-state index is 12.7. The molecule has 3 aromatic heterocycles. The molecule has 4 aromatic rings. The Bertz CT molecular complexity index is 1310. The number of fused-ring (bicyclic) bond motifs is 2. The molecule has 1 aromatic carbocycles. The van der Waals surface area contributed by atoms with Crippen molar-refractivity contribution in [2.75, 3.05) is 11.9 Å². The number of pyridine rings is 2. The second kappa shape index (κ2) is 7.42. The third kappa shape index (κ3) is 3.59. The van der Waals surface area contributed by atoms with Crippen molar-refractivity contribution in [3.63, 3.8) is 0 Å². The second-order valence-electron chi connectivity index (χ2n) is 7.99. The standard InChI is InChI=1S/C23H23N5O2/c1-14-3-2-8-28(14)13-18-10-17-12-24-21(11-20(17)25-18)27-23(30)16-4-6-19-15(9-16)5-7-22(29)26-19/h4-7,9-12,14,25H,2-3,8,13H2,1H3,(H,26,29)(H,24,27,30)/t14-/m0/s1. The largest absolute Gasteiger partial charge is 0.357 e. The topological polar surface area (TPSA) is 93.9 Å².